The van der Waals surface area contributed by atoms with E-state index in [9.17, 15) is 9.18 Å². The van der Waals surface area contributed by atoms with E-state index in [-0.39, 0.29) is 11.7 Å². The molecule has 2 aromatic carbocycles. The second-order valence-corrected chi connectivity index (χ2v) is 8.06. The number of carbonyl (C=O) groups excluding carboxylic acids is 1. The van der Waals surface area contributed by atoms with Gasteiger partial charge in [0.25, 0.3) is 5.91 Å². The molecule has 0 saturated carbocycles. The van der Waals surface area contributed by atoms with E-state index in [1.807, 2.05) is 29.5 Å². The normalized spacial score (nSPS) is 14.9. The molecule has 1 aliphatic heterocycles. The van der Waals surface area contributed by atoms with Crippen LogP contribution in [0.2, 0.25) is 5.02 Å². The molecule has 0 spiro atoms. The third kappa shape index (κ3) is 3.57. The van der Waals surface area contributed by atoms with Crippen molar-refractivity contribution in [1.82, 2.24) is 24.5 Å². The lowest BCUT2D eigenvalue weighted by Gasteiger charge is -2.24. The fourth-order valence-corrected chi connectivity index (χ4v) is 4.19. The lowest BCUT2D eigenvalue weighted by molar-refractivity contribution is 0.0767. The number of aromatic nitrogens is 4. The maximum absolute atomic E-state index is 13.2. The predicted octanol–water partition coefficient (Wildman–Crippen LogP) is 3.73. The van der Waals surface area contributed by atoms with Crippen LogP contribution in [0, 0.1) is 12.7 Å². The summed E-state index contributed by atoms with van der Waals surface area (Å²) >= 11 is 6.20. The summed E-state index contributed by atoms with van der Waals surface area (Å²) < 4.78 is 15.2. The second kappa shape index (κ2) is 7.77. The van der Waals surface area contributed by atoms with Gasteiger partial charge < -0.3 is 9.80 Å². The van der Waals surface area contributed by atoms with E-state index < -0.39 is 0 Å². The van der Waals surface area contributed by atoms with Gasteiger partial charge in [0.15, 0.2) is 5.65 Å². The molecule has 5 rings (SSSR count). The molecule has 31 heavy (non-hydrogen) atoms. The number of amides is 1. The summed E-state index contributed by atoms with van der Waals surface area (Å²) in [4.78, 5) is 21.7. The smallest absolute Gasteiger partial charge is 0.253 e. The Morgan fingerprint density at radius 1 is 1.03 bits per heavy atom. The number of benzene rings is 2. The van der Waals surface area contributed by atoms with Gasteiger partial charge in [-0.15, -0.1) is 10.2 Å². The molecule has 1 fully saturated rings. The number of nitrogens with zero attached hydrogens (tertiary/aromatic N) is 6. The molecule has 0 bridgehead atoms. The highest BCUT2D eigenvalue weighted by molar-refractivity contribution is 6.31. The third-order valence-electron chi connectivity index (χ3n) is 5.60. The van der Waals surface area contributed by atoms with Crippen molar-refractivity contribution in [3.8, 4) is 0 Å². The summed E-state index contributed by atoms with van der Waals surface area (Å²) in [7, 11) is 0. The first kappa shape index (κ1) is 19.7. The fraction of sp³-hybridized carbons (Fsp3) is 0.273. The minimum Gasteiger partial charge on any atom is -0.340 e. The van der Waals surface area contributed by atoms with Gasteiger partial charge in [0.2, 0.25) is 5.95 Å². The van der Waals surface area contributed by atoms with Crippen LogP contribution in [0.1, 0.15) is 22.6 Å². The van der Waals surface area contributed by atoms with Crippen LogP contribution < -0.4 is 4.90 Å². The molecule has 7 nitrogen and oxygen atoms in total. The van der Waals surface area contributed by atoms with Crippen molar-refractivity contribution >= 4 is 40.0 Å². The second-order valence-electron chi connectivity index (χ2n) is 7.62. The molecule has 2 aromatic heterocycles. The van der Waals surface area contributed by atoms with Crippen LogP contribution in [0.4, 0.5) is 10.3 Å². The number of carbonyl (C=O) groups is 1. The molecule has 0 unspecified atom stereocenters. The van der Waals surface area contributed by atoms with Crippen LogP contribution in [0.3, 0.4) is 0 Å². The third-order valence-corrected chi connectivity index (χ3v) is 5.84. The molecule has 1 saturated heterocycles. The van der Waals surface area contributed by atoms with Crippen molar-refractivity contribution in [3.63, 3.8) is 0 Å². The zero-order valence-corrected chi connectivity index (χ0v) is 17.7. The standard InChI is InChI=1S/C22H20ClFN6O/c1-14-26-27-20-18-8-5-16(23)13-19(18)25-22(30(14)20)29-10-2-9-28(11-12-29)21(31)15-3-6-17(24)7-4-15/h3-8,13H,2,9-12H2,1H3. The Balaban J connectivity index is 1.47. The minimum atomic E-state index is -0.352. The Morgan fingerprint density at radius 3 is 2.65 bits per heavy atom. The summed E-state index contributed by atoms with van der Waals surface area (Å²) in [5.74, 6) is 1.04. The van der Waals surface area contributed by atoms with E-state index in [2.05, 4.69) is 15.1 Å². The molecule has 1 aliphatic rings. The minimum absolute atomic E-state index is 0.0919. The predicted molar refractivity (Wildman–Crippen MR) is 117 cm³/mol. The Labute approximate surface area is 183 Å². The van der Waals surface area contributed by atoms with Crippen molar-refractivity contribution in [1.29, 1.82) is 0 Å². The topological polar surface area (TPSA) is 66.6 Å². The highest BCUT2D eigenvalue weighted by Gasteiger charge is 2.24. The van der Waals surface area contributed by atoms with E-state index in [0.717, 1.165) is 41.3 Å². The first-order valence-electron chi connectivity index (χ1n) is 10.1. The highest BCUT2D eigenvalue weighted by Crippen LogP contribution is 2.27. The lowest BCUT2D eigenvalue weighted by Crippen LogP contribution is -2.36. The molecular weight excluding hydrogens is 419 g/mol. The van der Waals surface area contributed by atoms with Crippen molar-refractivity contribution < 1.29 is 9.18 Å². The fourth-order valence-electron chi connectivity index (χ4n) is 4.03. The molecule has 1 amide bonds. The van der Waals surface area contributed by atoms with Crippen LogP contribution in [0.5, 0.6) is 0 Å². The zero-order valence-electron chi connectivity index (χ0n) is 16.9. The molecule has 0 N–H and O–H groups in total. The van der Waals surface area contributed by atoms with E-state index in [1.54, 1.807) is 4.90 Å². The SMILES string of the molecule is Cc1nnc2c3ccc(Cl)cc3nc(N3CCCN(C(=O)c4ccc(F)cc4)CC3)n12. The quantitative estimate of drug-likeness (QED) is 0.477. The maximum atomic E-state index is 13.2. The number of rotatable bonds is 2. The summed E-state index contributed by atoms with van der Waals surface area (Å²) in [6.07, 6.45) is 0.783. The van der Waals surface area contributed by atoms with E-state index >= 15 is 0 Å². The summed E-state index contributed by atoms with van der Waals surface area (Å²) in [6.45, 7) is 4.40. The summed E-state index contributed by atoms with van der Waals surface area (Å²) in [6, 6.07) is 11.2. The maximum Gasteiger partial charge on any atom is 0.253 e. The molecule has 0 radical (unpaired) electrons. The van der Waals surface area contributed by atoms with Gasteiger partial charge in [-0.05, 0) is 55.8 Å². The Bertz CT molecular complexity index is 1290. The summed E-state index contributed by atoms with van der Waals surface area (Å²) in [5, 5.41) is 10.1. The van der Waals surface area contributed by atoms with Crippen LogP contribution in [-0.4, -0.2) is 56.6 Å². The van der Waals surface area contributed by atoms with Crippen LogP contribution in [0.25, 0.3) is 16.6 Å². The van der Waals surface area contributed by atoms with Crippen molar-refractivity contribution in [2.24, 2.45) is 0 Å². The first-order valence-corrected chi connectivity index (χ1v) is 10.5. The van der Waals surface area contributed by atoms with Crippen molar-refractivity contribution in [2.45, 2.75) is 13.3 Å². The molecule has 3 heterocycles. The Hall–Kier alpha value is -3.26. The number of hydrogen-bond donors (Lipinski definition) is 0. The van der Waals surface area contributed by atoms with Gasteiger partial charge in [0.1, 0.15) is 11.6 Å². The number of anilines is 1. The van der Waals surface area contributed by atoms with Gasteiger partial charge in [-0.1, -0.05) is 11.6 Å². The van der Waals surface area contributed by atoms with Crippen molar-refractivity contribution in [3.05, 3.63) is 64.7 Å². The lowest BCUT2D eigenvalue weighted by atomic mass is 10.2. The molecule has 0 atom stereocenters. The highest BCUT2D eigenvalue weighted by atomic mass is 35.5. The van der Waals surface area contributed by atoms with Crippen molar-refractivity contribution in [2.75, 3.05) is 31.1 Å². The van der Waals surface area contributed by atoms with E-state index in [4.69, 9.17) is 16.6 Å². The van der Waals surface area contributed by atoms with Gasteiger partial charge in [-0.3, -0.25) is 4.79 Å². The average molecular weight is 439 g/mol. The Morgan fingerprint density at radius 2 is 1.84 bits per heavy atom. The average Bonchev–Trinajstić information content (AvgIpc) is 2.99. The largest absolute Gasteiger partial charge is 0.340 e. The van der Waals surface area contributed by atoms with E-state index in [0.29, 0.717) is 30.2 Å². The number of halogens is 2. The van der Waals surface area contributed by atoms with Gasteiger partial charge in [-0.25, -0.2) is 13.8 Å². The molecule has 0 aliphatic carbocycles. The number of hydrogen-bond acceptors (Lipinski definition) is 5. The van der Waals surface area contributed by atoms with Gasteiger partial charge in [0.05, 0.1) is 5.52 Å². The molecular formula is C22H20ClFN6O. The van der Waals surface area contributed by atoms with Gasteiger partial charge in [0, 0.05) is 42.2 Å². The number of aryl methyl sites for hydroxylation is 1. The monoisotopic (exact) mass is 438 g/mol. The molecule has 9 heteroatoms. The van der Waals surface area contributed by atoms with Crippen LogP contribution in [0.15, 0.2) is 42.5 Å². The summed E-state index contributed by atoms with van der Waals surface area (Å²) in [5.41, 5.74) is 1.98. The molecule has 4 aromatic rings. The zero-order chi connectivity index (χ0) is 21.5. The molecule has 158 valence electrons. The Kier molecular flexibility index (Phi) is 4.94. The van der Waals surface area contributed by atoms with E-state index in [1.165, 1.54) is 24.3 Å². The van der Waals surface area contributed by atoms with Gasteiger partial charge in [-0.2, -0.15) is 0 Å². The van der Waals surface area contributed by atoms with Crippen LogP contribution >= 0.6 is 11.6 Å². The van der Waals surface area contributed by atoms with Crippen LogP contribution in [-0.2, 0) is 0 Å². The number of fused-ring (bicyclic) bond motifs is 3. The first-order chi connectivity index (χ1) is 15.0. The van der Waals surface area contributed by atoms with Gasteiger partial charge >= 0.3 is 0 Å².